The van der Waals surface area contributed by atoms with Crippen LogP contribution < -0.4 is 5.32 Å². The molecular weight excluding hydrogens is 72.9 g/mol. The Morgan fingerprint density at radius 2 is 2.00 bits per heavy atom. The van der Waals surface area contributed by atoms with Crippen molar-refractivity contribution < 1.29 is 1.43 Å². The van der Waals surface area contributed by atoms with Crippen molar-refractivity contribution in [3.05, 3.63) is 24.4 Å². The molecule has 0 saturated heterocycles. The lowest BCUT2D eigenvalue weighted by Crippen LogP contribution is -1.91. The molecule has 0 amide bonds. The third kappa shape index (κ3) is 0.644. The molecule has 0 aromatic heterocycles. The van der Waals surface area contributed by atoms with Crippen molar-refractivity contribution >= 4 is 7.28 Å². The first-order valence-corrected chi connectivity index (χ1v) is 2.00. The molecule has 0 spiro atoms. The van der Waals surface area contributed by atoms with Gasteiger partial charge in [-0.3, -0.25) is 5.32 Å². The Balaban J connectivity index is 0.000000360. The number of nitrogens with zero attached hydrogens (tertiary/aromatic N) is 1. The normalized spacial score (nSPS) is 16.0. The van der Waals surface area contributed by atoms with Crippen LogP contribution in [-0.4, -0.2) is 7.28 Å². The topological polar surface area (TPSA) is 14.1 Å². The van der Waals surface area contributed by atoms with Crippen molar-refractivity contribution in [3.8, 4) is 0 Å². The molecule has 1 aliphatic heterocycles. The fraction of sp³-hybridized carbons (Fsp3) is 0. The fourth-order valence-electron chi connectivity index (χ4n) is 0.372. The molecule has 0 unspecified atom stereocenters. The summed E-state index contributed by atoms with van der Waals surface area (Å²) in [5, 5.41) is 3.82. The quantitative estimate of drug-likeness (QED) is 0.365. The maximum absolute atomic E-state index is 3.82. The minimum absolute atomic E-state index is 0. The van der Waals surface area contributed by atoms with Crippen molar-refractivity contribution in [1.29, 1.82) is 0 Å². The molecule has 0 atom stereocenters. The lowest BCUT2D eigenvalue weighted by atomic mass is 9.78. The zero-order chi connectivity index (χ0) is 4.24. The van der Waals surface area contributed by atoms with Crippen molar-refractivity contribution in [3.63, 3.8) is 0 Å². The average Bonchev–Trinajstić information content (AvgIpc) is 1.72. The van der Waals surface area contributed by atoms with Crippen LogP contribution >= 0.6 is 0 Å². The highest BCUT2D eigenvalue weighted by molar-refractivity contribution is 6.48. The number of hydrogen-bond donors (Lipinski definition) is 0. The summed E-state index contributed by atoms with van der Waals surface area (Å²) in [6.45, 7) is 0. The van der Waals surface area contributed by atoms with Gasteiger partial charge >= 0.3 is 1.43 Å². The maximum Gasteiger partial charge on any atom is 1.00 e. The molecular formula is C4H6BN+. The molecule has 1 rings (SSSR count). The van der Waals surface area contributed by atoms with E-state index in [2.05, 4.69) is 5.32 Å². The summed E-state index contributed by atoms with van der Waals surface area (Å²) < 4.78 is 0. The molecule has 0 aliphatic carbocycles. The highest BCUT2D eigenvalue weighted by Crippen LogP contribution is 1.77. The molecule has 0 saturated carbocycles. The summed E-state index contributed by atoms with van der Waals surface area (Å²) in [5.74, 6) is 4.03. The molecule has 1 nitrogen and oxygen atoms in total. The van der Waals surface area contributed by atoms with Crippen LogP contribution in [0.1, 0.15) is 1.43 Å². The second kappa shape index (κ2) is 1.70. The first kappa shape index (κ1) is 3.53. The van der Waals surface area contributed by atoms with Crippen molar-refractivity contribution in [2.24, 2.45) is 0 Å². The van der Waals surface area contributed by atoms with E-state index in [1.165, 1.54) is 0 Å². The lowest BCUT2D eigenvalue weighted by Gasteiger charge is -1.87. The Morgan fingerprint density at radius 1 is 1.33 bits per heavy atom. The molecule has 0 aromatic carbocycles. The van der Waals surface area contributed by atoms with E-state index in [1.807, 2.05) is 12.0 Å². The molecule has 1 heterocycles. The molecule has 6 heavy (non-hydrogen) atoms. The second-order valence-electron chi connectivity index (χ2n) is 1.15. The SMILES string of the molecule is B1C=C[N]C=C1.[H+]. The van der Waals surface area contributed by atoms with Crippen LogP contribution in [0.15, 0.2) is 24.4 Å². The monoisotopic (exact) mass is 79.1 g/mol. The summed E-state index contributed by atoms with van der Waals surface area (Å²) in [6.07, 6.45) is 3.61. The van der Waals surface area contributed by atoms with Crippen molar-refractivity contribution in [1.82, 2.24) is 5.32 Å². The Kier molecular flexibility index (Phi) is 1.00. The average molecular weight is 78.9 g/mol. The molecule has 0 N–H and O–H groups in total. The minimum atomic E-state index is 0. The lowest BCUT2D eigenvalue weighted by molar-refractivity contribution is 1.17. The molecule has 0 aromatic rings. The van der Waals surface area contributed by atoms with Gasteiger partial charge in [0.25, 0.3) is 0 Å². The summed E-state index contributed by atoms with van der Waals surface area (Å²) >= 11 is 0. The molecule has 0 bridgehead atoms. The van der Waals surface area contributed by atoms with Gasteiger partial charge in [0.15, 0.2) is 7.28 Å². The van der Waals surface area contributed by atoms with E-state index in [1.54, 1.807) is 12.4 Å². The predicted molar refractivity (Wildman–Crippen MR) is 28.7 cm³/mol. The van der Waals surface area contributed by atoms with Gasteiger partial charge in [0, 0.05) is 12.4 Å². The fourth-order valence-corrected chi connectivity index (χ4v) is 0.372. The van der Waals surface area contributed by atoms with Crippen molar-refractivity contribution in [2.45, 2.75) is 0 Å². The minimum Gasteiger partial charge on any atom is -0.267 e. The van der Waals surface area contributed by atoms with E-state index >= 15 is 0 Å². The third-order valence-electron chi connectivity index (χ3n) is 0.655. The summed E-state index contributed by atoms with van der Waals surface area (Å²) in [5.41, 5.74) is 0. The Labute approximate surface area is 39.5 Å². The van der Waals surface area contributed by atoms with E-state index in [-0.39, 0.29) is 1.43 Å². The van der Waals surface area contributed by atoms with Gasteiger partial charge in [-0.25, -0.2) is 0 Å². The molecule has 1 aliphatic rings. The zero-order valence-corrected chi connectivity index (χ0v) is 3.46. The van der Waals surface area contributed by atoms with Gasteiger partial charge in [-0.2, -0.15) is 0 Å². The van der Waals surface area contributed by atoms with Gasteiger partial charge in [0.2, 0.25) is 0 Å². The molecule has 29 valence electrons. The Morgan fingerprint density at radius 3 is 2.17 bits per heavy atom. The molecule has 2 heteroatoms. The van der Waals surface area contributed by atoms with Crippen LogP contribution in [0.4, 0.5) is 0 Å². The molecule has 1 radical (unpaired) electrons. The smallest absolute Gasteiger partial charge is 0.267 e. The van der Waals surface area contributed by atoms with Gasteiger partial charge in [0.1, 0.15) is 0 Å². The van der Waals surface area contributed by atoms with Crippen LogP contribution in [-0.2, 0) is 0 Å². The van der Waals surface area contributed by atoms with Crippen LogP contribution in [0.3, 0.4) is 0 Å². The third-order valence-corrected chi connectivity index (χ3v) is 0.655. The van der Waals surface area contributed by atoms with E-state index in [4.69, 9.17) is 0 Å². The van der Waals surface area contributed by atoms with Gasteiger partial charge in [-0.15, -0.1) is 0 Å². The van der Waals surface area contributed by atoms with Crippen LogP contribution in [0.25, 0.3) is 0 Å². The van der Waals surface area contributed by atoms with Gasteiger partial charge in [-0.05, 0) is 0 Å². The summed E-state index contributed by atoms with van der Waals surface area (Å²) in [7, 11) is 1.05. The largest absolute Gasteiger partial charge is 1.00 e. The van der Waals surface area contributed by atoms with E-state index in [0.29, 0.717) is 0 Å². The molecule has 0 fully saturated rings. The highest BCUT2D eigenvalue weighted by atomic mass is 14.8. The van der Waals surface area contributed by atoms with Gasteiger partial charge in [-0.1, -0.05) is 12.0 Å². The van der Waals surface area contributed by atoms with Crippen LogP contribution in [0, 0.1) is 0 Å². The van der Waals surface area contributed by atoms with Gasteiger partial charge < -0.3 is 0 Å². The highest BCUT2D eigenvalue weighted by Gasteiger charge is 1.78. The Bertz CT molecular complexity index is 69.7. The van der Waals surface area contributed by atoms with Crippen LogP contribution in [0.5, 0.6) is 0 Å². The second-order valence-corrected chi connectivity index (χ2v) is 1.15. The van der Waals surface area contributed by atoms with Gasteiger partial charge in [0.05, 0.1) is 0 Å². The number of rotatable bonds is 0. The Hall–Kier alpha value is -0.655. The van der Waals surface area contributed by atoms with E-state index < -0.39 is 0 Å². The standard InChI is InChI=1S/C4H5BN/c1-3-6-4-2-5-1/h1-5H/p+1. The van der Waals surface area contributed by atoms with Crippen LogP contribution in [0.2, 0.25) is 0 Å². The summed E-state index contributed by atoms with van der Waals surface area (Å²) in [4.78, 5) is 0. The van der Waals surface area contributed by atoms with Crippen molar-refractivity contribution in [2.75, 3.05) is 0 Å². The first-order valence-electron chi connectivity index (χ1n) is 2.00. The number of hydrogen-bond acceptors (Lipinski definition) is 0. The van der Waals surface area contributed by atoms with E-state index in [9.17, 15) is 0 Å². The summed E-state index contributed by atoms with van der Waals surface area (Å²) in [6, 6.07) is 0. The zero-order valence-electron chi connectivity index (χ0n) is 4.46. The predicted octanol–water partition coefficient (Wildman–Crippen LogP) is 0.0958. The maximum atomic E-state index is 3.82. The first-order chi connectivity index (χ1) is 3.00. The van der Waals surface area contributed by atoms with E-state index in [0.717, 1.165) is 7.28 Å².